The molecule has 3 rings (SSSR count). The van der Waals surface area contributed by atoms with Gasteiger partial charge in [-0.1, -0.05) is 49.9 Å². The summed E-state index contributed by atoms with van der Waals surface area (Å²) in [6.45, 7) is 4.30. The zero-order chi connectivity index (χ0) is 20.3. The number of carbonyl (C=O) groups excluding carboxylic acids is 2. The average Bonchev–Trinajstić information content (AvgIpc) is 2.75. The third-order valence-corrected chi connectivity index (χ3v) is 5.95. The van der Waals surface area contributed by atoms with E-state index in [1.165, 1.54) is 57.2 Å². The fourth-order valence-electron chi connectivity index (χ4n) is 4.20. The highest BCUT2D eigenvalue weighted by Crippen LogP contribution is 2.17. The first-order chi connectivity index (χ1) is 14.2. The molecule has 0 radical (unpaired) electrons. The van der Waals surface area contributed by atoms with Gasteiger partial charge in [-0.15, -0.1) is 0 Å². The number of benzene rings is 1. The molecule has 1 aromatic carbocycles. The molecule has 0 bridgehead atoms. The largest absolute Gasteiger partial charge is 0.352 e. The number of nitrogens with zero attached hydrogens (tertiary/aromatic N) is 1. The molecule has 1 aliphatic heterocycles. The predicted molar refractivity (Wildman–Crippen MR) is 115 cm³/mol. The Morgan fingerprint density at radius 1 is 0.862 bits per heavy atom. The second-order valence-electron chi connectivity index (χ2n) is 8.42. The van der Waals surface area contributed by atoms with Crippen molar-refractivity contribution in [3.8, 4) is 0 Å². The van der Waals surface area contributed by atoms with Crippen LogP contribution in [0, 0.1) is 0 Å². The zero-order valence-electron chi connectivity index (χ0n) is 17.5. The molecule has 0 atom stereocenters. The highest BCUT2D eigenvalue weighted by molar-refractivity contribution is 5.78. The SMILES string of the molecule is O=C(CCNC(=O)NC1CCCCC1)NCc1ccc(CN2CCCCC2)cc1. The molecule has 2 aliphatic rings. The Hall–Kier alpha value is -2.08. The highest BCUT2D eigenvalue weighted by Gasteiger charge is 2.15. The van der Waals surface area contributed by atoms with E-state index in [0.717, 1.165) is 24.9 Å². The van der Waals surface area contributed by atoms with E-state index < -0.39 is 0 Å². The van der Waals surface area contributed by atoms with Crippen molar-refractivity contribution in [2.24, 2.45) is 0 Å². The summed E-state index contributed by atoms with van der Waals surface area (Å²) in [6, 6.07) is 8.63. The quantitative estimate of drug-likeness (QED) is 0.627. The number of urea groups is 1. The molecular formula is C23H36N4O2. The van der Waals surface area contributed by atoms with Gasteiger partial charge in [0, 0.05) is 32.1 Å². The van der Waals surface area contributed by atoms with Gasteiger partial charge in [-0.25, -0.2) is 4.79 Å². The van der Waals surface area contributed by atoms with Gasteiger partial charge < -0.3 is 16.0 Å². The van der Waals surface area contributed by atoms with Crippen LogP contribution in [0.2, 0.25) is 0 Å². The normalized spacial score (nSPS) is 18.2. The van der Waals surface area contributed by atoms with Gasteiger partial charge in [0.2, 0.25) is 5.91 Å². The molecule has 0 spiro atoms. The van der Waals surface area contributed by atoms with E-state index in [2.05, 4.69) is 45.1 Å². The van der Waals surface area contributed by atoms with E-state index in [-0.39, 0.29) is 18.0 Å². The van der Waals surface area contributed by atoms with Crippen molar-refractivity contribution in [1.29, 1.82) is 0 Å². The number of rotatable bonds is 8. The third-order valence-electron chi connectivity index (χ3n) is 5.95. The Labute approximate surface area is 174 Å². The monoisotopic (exact) mass is 400 g/mol. The lowest BCUT2D eigenvalue weighted by atomic mass is 9.96. The van der Waals surface area contributed by atoms with Crippen LogP contribution in [0.25, 0.3) is 0 Å². The van der Waals surface area contributed by atoms with Crippen LogP contribution in [0.3, 0.4) is 0 Å². The van der Waals surface area contributed by atoms with Crippen molar-refractivity contribution in [2.45, 2.75) is 76.9 Å². The second-order valence-corrected chi connectivity index (χ2v) is 8.42. The van der Waals surface area contributed by atoms with Crippen molar-refractivity contribution in [3.05, 3.63) is 35.4 Å². The topological polar surface area (TPSA) is 73.5 Å². The maximum absolute atomic E-state index is 12.0. The van der Waals surface area contributed by atoms with Gasteiger partial charge in [-0.3, -0.25) is 9.69 Å². The molecule has 1 saturated carbocycles. The summed E-state index contributed by atoms with van der Waals surface area (Å²) >= 11 is 0. The van der Waals surface area contributed by atoms with Gasteiger partial charge >= 0.3 is 6.03 Å². The van der Waals surface area contributed by atoms with Crippen LogP contribution in [0.1, 0.15) is 68.9 Å². The summed E-state index contributed by atoms with van der Waals surface area (Å²) in [4.78, 5) is 26.4. The molecule has 1 saturated heterocycles. The standard InChI is InChI=1S/C23H36N4O2/c28-22(13-14-24-23(29)26-21-7-3-1-4-8-21)25-17-19-9-11-20(12-10-19)18-27-15-5-2-6-16-27/h9-12,21H,1-8,13-18H2,(H,25,28)(H2,24,26,29). The number of carbonyl (C=O) groups is 2. The fourth-order valence-corrected chi connectivity index (χ4v) is 4.20. The van der Waals surface area contributed by atoms with Crippen LogP contribution in [-0.2, 0) is 17.9 Å². The first-order valence-corrected chi connectivity index (χ1v) is 11.3. The summed E-state index contributed by atoms with van der Waals surface area (Å²) in [5.74, 6) is -0.0413. The first kappa shape index (κ1) is 21.6. The summed E-state index contributed by atoms with van der Waals surface area (Å²) < 4.78 is 0. The van der Waals surface area contributed by atoms with Crippen LogP contribution < -0.4 is 16.0 Å². The Morgan fingerprint density at radius 2 is 1.52 bits per heavy atom. The lowest BCUT2D eigenvalue weighted by Crippen LogP contribution is -2.43. The van der Waals surface area contributed by atoms with Gasteiger partial charge in [0.25, 0.3) is 0 Å². The van der Waals surface area contributed by atoms with E-state index in [0.29, 0.717) is 19.5 Å². The molecule has 0 unspecified atom stereocenters. The minimum absolute atomic E-state index is 0.0413. The van der Waals surface area contributed by atoms with E-state index >= 15 is 0 Å². The van der Waals surface area contributed by atoms with Crippen LogP contribution >= 0.6 is 0 Å². The minimum Gasteiger partial charge on any atom is -0.352 e. The molecule has 1 heterocycles. The molecule has 3 amide bonds. The van der Waals surface area contributed by atoms with Gasteiger partial charge in [0.15, 0.2) is 0 Å². The van der Waals surface area contributed by atoms with Crippen molar-refractivity contribution in [1.82, 2.24) is 20.9 Å². The summed E-state index contributed by atoms with van der Waals surface area (Å²) in [7, 11) is 0. The van der Waals surface area contributed by atoms with Crippen LogP contribution in [-0.4, -0.2) is 42.5 Å². The van der Waals surface area contributed by atoms with E-state index in [4.69, 9.17) is 0 Å². The third kappa shape index (κ3) is 8.05. The number of likely N-dealkylation sites (tertiary alicyclic amines) is 1. The van der Waals surface area contributed by atoms with E-state index in [9.17, 15) is 9.59 Å². The molecule has 1 aromatic rings. The molecule has 1 aliphatic carbocycles. The zero-order valence-corrected chi connectivity index (χ0v) is 17.5. The Balaban J connectivity index is 1.28. The molecule has 3 N–H and O–H groups in total. The Bertz CT molecular complexity index is 635. The molecule has 160 valence electrons. The lowest BCUT2D eigenvalue weighted by Gasteiger charge is -2.26. The number of piperidine rings is 1. The molecular weight excluding hydrogens is 364 g/mol. The first-order valence-electron chi connectivity index (χ1n) is 11.3. The Morgan fingerprint density at radius 3 is 2.24 bits per heavy atom. The number of hydrogen-bond donors (Lipinski definition) is 3. The van der Waals surface area contributed by atoms with Gasteiger partial charge in [0.05, 0.1) is 0 Å². The molecule has 2 fully saturated rings. The summed E-state index contributed by atoms with van der Waals surface area (Å²) in [6.07, 6.45) is 10.0. The summed E-state index contributed by atoms with van der Waals surface area (Å²) in [5.41, 5.74) is 2.43. The van der Waals surface area contributed by atoms with Crippen molar-refractivity contribution < 1.29 is 9.59 Å². The van der Waals surface area contributed by atoms with E-state index in [1.54, 1.807) is 0 Å². The lowest BCUT2D eigenvalue weighted by molar-refractivity contribution is -0.121. The minimum atomic E-state index is -0.158. The van der Waals surface area contributed by atoms with Crippen molar-refractivity contribution >= 4 is 11.9 Å². The number of hydrogen-bond acceptors (Lipinski definition) is 3. The second kappa shape index (κ2) is 11.8. The fraction of sp³-hybridized carbons (Fsp3) is 0.652. The van der Waals surface area contributed by atoms with Gasteiger partial charge in [-0.05, 0) is 49.9 Å². The molecule has 29 heavy (non-hydrogen) atoms. The van der Waals surface area contributed by atoms with Crippen LogP contribution in [0.15, 0.2) is 24.3 Å². The average molecular weight is 401 g/mol. The van der Waals surface area contributed by atoms with Crippen LogP contribution in [0.4, 0.5) is 4.79 Å². The molecule has 6 heteroatoms. The number of nitrogens with one attached hydrogen (secondary N) is 3. The molecule has 0 aromatic heterocycles. The van der Waals surface area contributed by atoms with Gasteiger partial charge in [-0.2, -0.15) is 0 Å². The van der Waals surface area contributed by atoms with E-state index in [1.807, 2.05) is 0 Å². The van der Waals surface area contributed by atoms with Gasteiger partial charge in [0.1, 0.15) is 0 Å². The maximum Gasteiger partial charge on any atom is 0.315 e. The maximum atomic E-state index is 12.0. The van der Waals surface area contributed by atoms with Crippen molar-refractivity contribution in [2.75, 3.05) is 19.6 Å². The highest BCUT2D eigenvalue weighted by atomic mass is 16.2. The predicted octanol–water partition coefficient (Wildman–Crippen LogP) is 3.31. The van der Waals surface area contributed by atoms with Crippen LogP contribution in [0.5, 0.6) is 0 Å². The Kier molecular flexibility index (Phi) is 8.81. The number of amides is 3. The smallest absolute Gasteiger partial charge is 0.315 e. The molecule has 6 nitrogen and oxygen atoms in total. The van der Waals surface area contributed by atoms with Crippen molar-refractivity contribution in [3.63, 3.8) is 0 Å². The summed E-state index contributed by atoms with van der Waals surface area (Å²) in [5, 5.41) is 8.72.